The van der Waals surface area contributed by atoms with E-state index >= 15 is 0 Å². The molecule has 1 aliphatic rings. The van der Waals surface area contributed by atoms with Crippen LogP contribution in [0.15, 0.2) is 24.4 Å². The Balaban J connectivity index is 1.77. The first-order valence-electron chi connectivity index (χ1n) is 8.80. The maximum atomic E-state index is 13.9. The van der Waals surface area contributed by atoms with Crippen LogP contribution in [-0.4, -0.2) is 42.7 Å². The van der Waals surface area contributed by atoms with Gasteiger partial charge in [-0.15, -0.1) is 0 Å². The van der Waals surface area contributed by atoms with Crippen LogP contribution in [0.1, 0.15) is 30.1 Å². The van der Waals surface area contributed by atoms with Gasteiger partial charge in [0, 0.05) is 30.0 Å². The SMILES string of the molecule is CC[C@@H]1[C@H](F)C(=O)N[C@@H]1CCOc1ccnc2cc(C(N)=O)c(OC)cc12. The molecule has 1 saturated heterocycles. The lowest BCUT2D eigenvalue weighted by Crippen LogP contribution is -2.30. The smallest absolute Gasteiger partial charge is 0.255 e. The lowest BCUT2D eigenvalue weighted by molar-refractivity contribution is -0.123. The Morgan fingerprint density at radius 2 is 2.15 bits per heavy atom. The summed E-state index contributed by atoms with van der Waals surface area (Å²) < 4.78 is 25.0. The Hall–Kier alpha value is -2.90. The zero-order valence-electron chi connectivity index (χ0n) is 15.2. The predicted molar refractivity (Wildman–Crippen MR) is 97.5 cm³/mol. The number of amides is 2. The number of fused-ring (bicyclic) bond motifs is 1. The van der Waals surface area contributed by atoms with E-state index in [-0.39, 0.29) is 17.5 Å². The number of pyridine rings is 1. The summed E-state index contributed by atoms with van der Waals surface area (Å²) >= 11 is 0. The van der Waals surface area contributed by atoms with Crippen molar-refractivity contribution in [1.82, 2.24) is 10.3 Å². The maximum Gasteiger partial charge on any atom is 0.255 e. The van der Waals surface area contributed by atoms with E-state index in [4.69, 9.17) is 15.2 Å². The highest BCUT2D eigenvalue weighted by molar-refractivity contribution is 6.01. The highest BCUT2D eigenvalue weighted by Gasteiger charge is 2.41. The summed E-state index contributed by atoms with van der Waals surface area (Å²) in [5.41, 5.74) is 6.16. The van der Waals surface area contributed by atoms with Crippen molar-refractivity contribution < 1.29 is 23.5 Å². The monoisotopic (exact) mass is 375 g/mol. The van der Waals surface area contributed by atoms with E-state index < -0.39 is 18.0 Å². The second-order valence-corrected chi connectivity index (χ2v) is 6.47. The van der Waals surface area contributed by atoms with Crippen molar-refractivity contribution in [2.45, 2.75) is 32.0 Å². The lowest BCUT2D eigenvalue weighted by atomic mass is 9.94. The van der Waals surface area contributed by atoms with E-state index in [0.717, 1.165) is 0 Å². The molecule has 2 amide bonds. The zero-order valence-corrected chi connectivity index (χ0v) is 15.2. The summed E-state index contributed by atoms with van der Waals surface area (Å²) in [6.45, 7) is 2.16. The van der Waals surface area contributed by atoms with E-state index in [0.29, 0.717) is 41.9 Å². The number of benzene rings is 1. The normalized spacial score (nSPS) is 21.9. The first kappa shape index (κ1) is 18.9. The number of hydrogen-bond acceptors (Lipinski definition) is 5. The first-order valence-corrected chi connectivity index (χ1v) is 8.80. The molecular formula is C19H22FN3O4. The van der Waals surface area contributed by atoms with Crippen LogP contribution in [-0.2, 0) is 4.79 Å². The number of hydrogen-bond donors (Lipinski definition) is 2. The van der Waals surface area contributed by atoms with Gasteiger partial charge in [-0.2, -0.15) is 0 Å². The van der Waals surface area contributed by atoms with Crippen molar-refractivity contribution in [3.63, 3.8) is 0 Å². The predicted octanol–water partition coefficient (Wildman–Crippen LogP) is 1.97. The Bertz CT molecular complexity index is 873. The van der Waals surface area contributed by atoms with Gasteiger partial charge in [-0.25, -0.2) is 4.39 Å². The van der Waals surface area contributed by atoms with Crippen LogP contribution in [0.25, 0.3) is 10.9 Å². The minimum atomic E-state index is -1.46. The number of rotatable bonds is 7. The second-order valence-electron chi connectivity index (χ2n) is 6.47. The number of carbonyl (C=O) groups excluding carboxylic acids is 2. The molecule has 0 radical (unpaired) electrons. The molecule has 1 aliphatic heterocycles. The van der Waals surface area contributed by atoms with Crippen LogP contribution in [0.4, 0.5) is 4.39 Å². The van der Waals surface area contributed by atoms with Crippen molar-refractivity contribution in [3.8, 4) is 11.5 Å². The number of primary amides is 1. The molecule has 3 rings (SSSR count). The van der Waals surface area contributed by atoms with E-state index in [1.54, 1.807) is 24.4 Å². The molecule has 0 bridgehead atoms. The third kappa shape index (κ3) is 3.65. The number of nitrogens with two attached hydrogens (primary N) is 1. The average molecular weight is 375 g/mol. The quantitative estimate of drug-likeness (QED) is 0.770. The molecule has 0 unspecified atom stereocenters. The topological polar surface area (TPSA) is 104 Å². The molecule has 7 nitrogen and oxygen atoms in total. The summed E-state index contributed by atoms with van der Waals surface area (Å²) in [5, 5.41) is 3.36. The zero-order chi connectivity index (χ0) is 19.6. The van der Waals surface area contributed by atoms with Gasteiger partial charge in [0.1, 0.15) is 11.5 Å². The van der Waals surface area contributed by atoms with Crippen molar-refractivity contribution in [2.24, 2.45) is 11.7 Å². The summed E-state index contributed by atoms with van der Waals surface area (Å²) in [7, 11) is 1.45. The molecule has 0 spiro atoms. The Kier molecular flexibility index (Phi) is 5.43. The molecule has 1 aromatic carbocycles. The van der Waals surface area contributed by atoms with Crippen LogP contribution in [0.2, 0.25) is 0 Å². The fraction of sp³-hybridized carbons (Fsp3) is 0.421. The van der Waals surface area contributed by atoms with Gasteiger partial charge in [0.05, 0.1) is 24.8 Å². The number of carbonyl (C=O) groups is 2. The summed E-state index contributed by atoms with van der Waals surface area (Å²) in [6.07, 6.45) is 1.18. The summed E-state index contributed by atoms with van der Waals surface area (Å²) in [4.78, 5) is 27.3. The van der Waals surface area contributed by atoms with Gasteiger partial charge >= 0.3 is 0 Å². The number of aromatic nitrogens is 1. The third-order valence-corrected chi connectivity index (χ3v) is 4.92. The number of nitrogens with one attached hydrogen (secondary N) is 1. The Morgan fingerprint density at radius 3 is 2.81 bits per heavy atom. The molecule has 1 fully saturated rings. The summed E-state index contributed by atoms with van der Waals surface area (Å²) in [5.74, 6) is -0.602. The van der Waals surface area contributed by atoms with Crippen molar-refractivity contribution >= 4 is 22.7 Å². The third-order valence-electron chi connectivity index (χ3n) is 4.92. The highest BCUT2D eigenvalue weighted by atomic mass is 19.1. The molecule has 144 valence electrons. The number of halogens is 1. The van der Waals surface area contributed by atoms with E-state index in [1.165, 1.54) is 7.11 Å². The fourth-order valence-corrected chi connectivity index (χ4v) is 3.48. The van der Waals surface area contributed by atoms with Crippen LogP contribution in [0.5, 0.6) is 11.5 Å². The standard InChI is InChI=1S/C19H22FN3O4/c1-3-10-13(23-19(25)17(10)20)5-7-27-15-4-6-22-14-8-12(18(21)24)16(26-2)9-11(14)15/h4,6,8-10,13,17H,3,5,7H2,1-2H3,(H2,21,24)(H,23,25)/t10-,13+,17-/m0/s1. The maximum absolute atomic E-state index is 13.9. The molecular weight excluding hydrogens is 353 g/mol. The van der Waals surface area contributed by atoms with Gasteiger partial charge in [0.25, 0.3) is 11.8 Å². The van der Waals surface area contributed by atoms with Gasteiger partial charge in [-0.05, 0) is 24.6 Å². The van der Waals surface area contributed by atoms with Gasteiger partial charge < -0.3 is 20.5 Å². The highest BCUT2D eigenvalue weighted by Crippen LogP contribution is 2.31. The molecule has 27 heavy (non-hydrogen) atoms. The van der Waals surface area contributed by atoms with Crippen molar-refractivity contribution in [2.75, 3.05) is 13.7 Å². The van der Waals surface area contributed by atoms with E-state index in [9.17, 15) is 14.0 Å². The van der Waals surface area contributed by atoms with Gasteiger partial charge in [-0.1, -0.05) is 6.92 Å². The van der Waals surface area contributed by atoms with E-state index in [1.807, 2.05) is 6.92 Å². The van der Waals surface area contributed by atoms with Gasteiger partial charge in [0.15, 0.2) is 6.17 Å². The largest absolute Gasteiger partial charge is 0.496 e. The number of nitrogens with zero attached hydrogens (tertiary/aromatic N) is 1. The average Bonchev–Trinajstić information content (AvgIpc) is 2.93. The number of ether oxygens (including phenoxy) is 2. The lowest BCUT2D eigenvalue weighted by Gasteiger charge is -2.18. The van der Waals surface area contributed by atoms with Crippen LogP contribution in [0, 0.1) is 5.92 Å². The molecule has 1 aromatic heterocycles. The molecule has 0 aliphatic carbocycles. The molecule has 0 saturated carbocycles. The Labute approximate surface area is 156 Å². The number of alkyl halides is 1. The van der Waals surface area contributed by atoms with Crippen LogP contribution in [0.3, 0.4) is 0 Å². The molecule has 2 heterocycles. The molecule has 3 atom stereocenters. The van der Waals surface area contributed by atoms with Crippen molar-refractivity contribution in [1.29, 1.82) is 0 Å². The van der Waals surface area contributed by atoms with E-state index in [2.05, 4.69) is 10.3 Å². The van der Waals surface area contributed by atoms with Crippen LogP contribution >= 0.6 is 0 Å². The summed E-state index contributed by atoms with van der Waals surface area (Å²) in [6, 6.07) is 4.67. The molecule has 2 aromatic rings. The minimum absolute atomic E-state index is 0.239. The first-order chi connectivity index (χ1) is 13.0. The second kappa shape index (κ2) is 7.77. The minimum Gasteiger partial charge on any atom is -0.496 e. The van der Waals surface area contributed by atoms with Gasteiger partial charge in [-0.3, -0.25) is 14.6 Å². The Morgan fingerprint density at radius 1 is 1.37 bits per heavy atom. The molecule has 3 N–H and O–H groups in total. The molecule has 8 heteroatoms. The van der Waals surface area contributed by atoms with Gasteiger partial charge in [0.2, 0.25) is 0 Å². The fourth-order valence-electron chi connectivity index (χ4n) is 3.48. The van der Waals surface area contributed by atoms with Crippen LogP contribution < -0.4 is 20.5 Å². The number of methoxy groups -OCH3 is 1. The van der Waals surface area contributed by atoms with Crippen molar-refractivity contribution in [3.05, 3.63) is 30.0 Å².